The van der Waals surface area contributed by atoms with Gasteiger partial charge in [0.05, 0.1) is 12.5 Å². The topological polar surface area (TPSA) is 48.8 Å². The van der Waals surface area contributed by atoms with Gasteiger partial charge in [-0.15, -0.1) is 0 Å². The zero-order valence-corrected chi connectivity index (χ0v) is 7.65. The lowest BCUT2D eigenvalue weighted by atomic mass is 10.0. The Kier molecular flexibility index (Phi) is 3.57. The summed E-state index contributed by atoms with van der Waals surface area (Å²) in [7, 11) is 0. The molecule has 80 valence electrons. The molecule has 15 heavy (non-hydrogen) atoms. The van der Waals surface area contributed by atoms with Crippen LogP contribution in [0.15, 0.2) is 35.4 Å². The van der Waals surface area contributed by atoms with E-state index in [9.17, 15) is 13.2 Å². The Hall–Kier alpha value is -1.68. The smallest absolute Gasteiger partial charge is 0.171 e. The summed E-state index contributed by atoms with van der Waals surface area (Å²) in [5.74, 6) is 0. The molecule has 0 aromatic heterocycles. The first kappa shape index (κ1) is 11.4. The summed E-state index contributed by atoms with van der Waals surface area (Å²) in [5.41, 5.74) is 8.55. The van der Waals surface area contributed by atoms with Crippen molar-refractivity contribution in [3.63, 3.8) is 0 Å². The Morgan fingerprint density at radius 3 is 2.33 bits per heavy atom. The maximum absolute atomic E-state index is 12.1. The van der Waals surface area contributed by atoms with Crippen LogP contribution >= 0.6 is 0 Å². The van der Waals surface area contributed by atoms with E-state index in [0.29, 0.717) is 5.56 Å². The summed E-state index contributed by atoms with van der Waals surface area (Å²) in [6.45, 7) is 0. The van der Waals surface area contributed by atoms with Gasteiger partial charge in [0, 0.05) is 4.91 Å². The van der Waals surface area contributed by atoms with Crippen LogP contribution in [0.1, 0.15) is 18.0 Å². The standard InChI is InChI=1S/C9H8F3N3/c10-9(11,12)6-8(14-15-13)7-4-2-1-3-5-7/h1-5,8H,6H2. The predicted molar refractivity (Wildman–Crippen MR) is 49.0 cm³/mol. The summed E-state index contributed by atoms with van der Waals surface area (Å²) in [6, 6.07) is 6.72. The molecule has 0 heterocycles. The number of rotatable bonds is 3. The number of nitrogens with zero attached hydrogens (tertiary/aromatic N) is 3. The zero-order chi connectivity index (χ0) is 11.3. The number of alkyl halides is 3. The van der Waals surface area contributed by atoms with E-state index in [4.69, 9.17) is 5.53 Å². The summed E-state index contributed by atoms with van der Waals surface area (Å²) in [4.78, 5) is 2.42. The van der Waals surface area contributed by atoms with Gasteiger partial charge in [0.15, 0.2) is 0 Å². The van der Waals surface area contributed by atoms with Crippen LogP contribution in [0.25, 0.3) is 10.4 Å². The number of hydrogen-bond acceptors (Lipinski definition) is 1. The molecule has 1 unspecified atom stereocenters. The van der Waals surface area contributed by atoms with Gasteiger partial charge in [0.2, 0.25) is 0 Å². The zero-order valence-electron chi connectivity index (χ0n) is 7.65. The SMILES string of the molecule is [N-]=[N+]=NC(CC(F)(F)F)c1ccccc1. The van der Waals surface area contributed by atoms with Crippen LogP contribution in [0, 0.1) is 0 Å². The molecule has 0 aliphatic heterocycles. The molecule has 1 aromatic carbocycles. The molecule has 0 saturated carbocycles. The van der Waals surface area contributed by atoms with Crippen molar-refractivity contribution < 1.29 is 13.2 Å². The Bertz CT molecular complexity index is 355. The number of hydrogen-bond donors (Lipinski definition) is 0. The highest BCUT2D eigenvalue weighted by atomic mass is 19.4. The fraction of sp³-hybridized carbons (Fsp3) is 0.333. The van der Waals surface area contributed by atoms with E-state index in [1.54, 1.807) is 18.2 Å². The third-order valence-electron chi connectivity index (χ3n) is 1.80. The molecule has 1 aromatic rings. The van der Waals surface area contributed by atoms with Gasteiger partial charge >= 0.3 is 6.18 Å². The fourth-order valence-corrected chi connectivity index (χ4v) is 1.18. The van der Waals surface area contributed by atoms with Crippen LogP contribution in [0.3, 0.4) is 0 Å². The van der Waals surface area contributed by atoms with Gasteiger partial charge in [0.25, 0.3) is 0 Å². The first-order valence-electron chi connectivity index (χ1n) is 4.19. The van der Waals surface area contributed by atoms with Gasteiger partial charge in [-0.05, 0) is 11.1 Å². The Balaban J connectivity index is 2.89. The summed E-state index contributed by atoms with van der Waals surface area (Å²) >= 11 is 0. The van der Waals surface area contributed by atoms with Crippen LogP contribution in [0.4, 0.5) is 13.2 Å². The molecule has 0 aliphatic carbocycles. The van der Waals surface area contributed by atoms with E-state index in [0.717, 1.165) is 0 Å². The fourth-order valence-electron chi connectivity index (χ4n) is 1.18. The van der Waals surface area contributed by atoms with Crippen LogP contribution in [-0.2, 0) is 0 Å². The highest BCUT2D eigenvalue weighted by Gasteiger charge is 2.32. The van der Waals surface area contributed by atoms with Gasteiger partial charge in [-0.2, -0.15) is 13.2 Å². The van der Waals surface area contributed by atoms with E-state index in [1.165, 1.54) is 12.1 Å². The minimum atomic E-state index is -4.34. The highest BCUT2D eigenvalue weighted by Crippen LogP contribution is 2.31. The Labute approximate surface area is 84.2 Å². The minimum absolute atomic E-state index is 0.368. The average molecular weight is 215 g/mol. The Morgan fingerprint density at radius 1 is 1.27 bits per heavy atom. The van der Waals surface area contributed by atoms with E-state index in [-0.39, 0.29) is 0 Å². The molecule has 6 heteroatoms. The number of benzene rings is 1. The molecular formula is C9H8F3N3. The summed E-state index contributed by atoms with van der Waals surface area (Å²) in [6.07, 6.45) is -5.48. The van der Waals surface area contributed by atoms with E-state index < -0.39 is 18.6 Å². The molecule has 0 N–H and O–H groups in total. The number of halogens is 3. The van der Waals surface area contributed by atoms with Crippen molar-refractivity contribution in [2.45, 2.75) is 18.6 Å². The van der Waals surface area contributed by atoms with Gasteiger partial charge in [-0.3, -0.25) is 0 Å². The second kappa shape index (κ2) is 4.70. The van der Waals surface area contributed by atoms with Gasteiger partial charge in [0.1, 0.15) is 0 Å². The molecule has 0 bridgehead atoms. The minimum Gasteiger partial charge on any atom is -0.171 e. The maximum Gasteiger partial charge on any atom is 0.389 e. The van der Waals surface area contributed by atoms with E-state index in [1.807, 2.05) is 0 Å². The third-order valence-corrected chi connectivity index (χ3v) is 1.80. The van der Waals surface area contributed by atoms with Crippen molar-refractivity contribution in [3.05, 3.63) is 46.3 Å². The van der Waals surface area contributed by atoms with Crippen molar-refractivity contribution in [3.8, 4) is 0 Å². The highest BCUT2D eigenvalue weighted by molar-refractivity contribution is 5.19. The molecule has 0 saturated heterocycles. The van der Waals surface area contributed by atoms with Crippen molar-refractivity contribution >= 4 is 0 Å². The van der Waals surface area contributed by atoms with Crippen LogP contribution in [0.5, 0.6) is 0 Å². The number of azide groups is 1. The molecule has 0 spiro atoms. The normalized spacial score (nSPS) is 13.0. The first-order chi connectivity index (χ1) is 7.03. The lowest BCUT2D eigenvalue weighted by Crippen LogP contribution is -2.12. The van der Waals surface area contributed by atoms with Gasteiger partial charge < -0.3 is 0 Å². The van der Waals surface area contributed by atoms with Crippen LogP contribution < -0.4 is 0 Å². The maximum atomic E-state index is 12.1. The molecule has 1 atom stereocenters. The lowest BCUT2D eigenvalue weighted by Gasteiger charge is -2.13. The van der Waals surface area contributed by atoms with Crippen LogP contribution in [-0.4, -0.2) is 6.18 Å². The van der Waals surface area contributed by atoms with Crippen molar-refractivity contribution in [1.29, 1.82) is 0 Å². The first-order valence-corrected chi connectivity index (χ1v) is 4.19. The Morgan fingerprint density at radius 2 is 1.87 bits per heavy atom. The molecular weight excluding hydrogens is 207 g/mol. The molecule has 3 nitrogen and oxygen atoms in total. The lowest BCUT2D eigenvalue weighted by molar-refractivity contribution is -0.138. The van der Waals surface area contributed by atoms with Crippen molar-refractivity contribution in [1.82, 2.24) is 0 Å². The second-order valence-electron chi connectivity index (χ2n) is 2.95. The van der Waals surface area contributed by atoms with Crippen molar-refractivity contribution in [2.75, 3.05) is 0 Å². The molecule has 0 aliphatic rings. The monoisotopic (exact) mass is 215 g/mol. The predicted octanol–water partition coefficient (Wildman–Crippen LogP) is 3.99. The van der Waals surface area contributed by atoms with Crippen LogP contribution in [0.2, 0.25) is 0 Å². The molecule has 0 radical (unpaired) electrons. The van der Waals surface area contributed by atoms with E-state index >= 15 is 0 Å². The summed E-state index contributed by atoms with van der Waals surface area (Å²) < 4.78 is 36.4. The van der Waals surface area contributed by atoms with Crippen molar-refractivity contribution in [2.24, 2.45) is 5.11 Å². The molecule has 0 fully saturated rings. The second-order valence-corrected chi connectivity index (χ2v) is 2.95. The largest absolute Gasteiger partial charge is 0.389 e. The van der Waals surface area contributed by atoms with Gasteiger partial charge in [-0.25, -0.2) is 0 Å². The van der Waals surface area contributed by atoms with Gasteiger partial charge in [-0.1, -0.05) is 35.4 Å². The average Bonchev–Trinajstić information content (AvgIpc) is 2.17. The van der Waals surface area contributed by atoms with E-state index in [2.05, 4.69) is 10.0 Å². The quantitative estimate of drug-likeness (QED) is 0.416. The summed E-state index contributed by atoms with van der Waals surface area (Å²) in [5, 5.41) is 3.14. The third kappa shape index (κ3) is 3.91. The molecule has 1 rings (SSSR count). The molecule has 0 amide bonds.